The van der Waals surface area contributed by atoms with E-state index >= 15 is 0 Å². The van der Waals surface area contributed by atoms with Crippen molar-refractivity contribution in [1.29, 1.82) is 5.26 Å². The van der Waals surface area contributed by atoms with Gasteiger partial charge in [0.2, 0.25) is 5.75 Å². The highest BCUT2D eigenvalue weighted by Gasteiger charge is 2.29. The van der Waals surface area contributed by atoms with Crippen molar-refractivity contribution in [3.63, 3.8) is 0 Å². The Hall–Kier alpha value is -5.43. The monoisotopic (exact) mass is 595 g/mol. The molecule has 0 saturated carbocycles. The van der Waals surface area contributed by atoms with E-state index in [2.05, 4.69) is 0 Å². The molecule has 5 rings (SSSR count). The first-order valence-corrected chi connectivity index (χ1v) is 13.9. The summed E-state index contributed by atoms with van der Waals surface area (Å²) in [5.41, 5.74) is 4.05. The fraction of sp³-hybridized carbons (Fsp3) is 0.235. The normalized spacial score (nSPS) is 12.8. The van der Waals surface area contributed by atoms with E-state index in [0.29, 0.717) is 52.3 Å². The number of amides is 1. The molecule has 10 heteroatoms. The van der Waals surface area contributed by atoms with E-state index < -0.39 is 24.3 Å². The molecule has 1 aliphatic carbocycles. The highest BCUT2D eigenvalue weighted by Crippen LogP contribution is 2.41. The summed E-state index contributed by atoms with van der Waals surface area (Å²) in [4.78, 5) is 32.8. The number of hydrogen-bond donors (Lipinski definition) is 0. The third-order valence-corrected chi connectivity index (χ3v) is 7.39. The first kappa shape index (κ1) is 30.0. The van der Waals surface area contributed by atoms with Crippen molar-refractivity contribution < 1.29 is 32.9 Å². The second kappa shape index (κ2) is 13.3. The standard InChI is InChI=1S/C34H30FN3O6/c1-41-28-18-21(19-29(42-2)33(28)43-3)17-22-13-14-24-31(23-9-4-6-11-26(23)37-32(22)24)34(40)44-20-30(39)38(16-8-15-36)27-12-7-5-10-25(27)35/h4-7,9-12,17-19H,8,13-14,16,20H2,1-3H3/b22-17-. The van der Waals surface area contributed by atoms with Crippen LogP contribution in [0.4, 0.5) is 10.1 Å². The van der Waals surface area contributed by atoms with Gasteiger partial charge in [-0.1, -0.05) is 30.3 Å². The lowest BCUT2D eigenvalue weighted by Crippen LogP contribution is -2.36. The molecule has 4 aromatic rings. The minimum absolute atomic E-state index is 0.0145. The van der Waals surface area contributed by atoms with Crippen LogP contribution in [0, 0.1) is 17.1 Å². The van der Waals surface area contributed by atoms with Crippen LogP contribution in [0.3, 0.4) is 0 Å². The van der Waals surface area contributed by atoms with Crippen LogP contribution in [0.5, 0.6) is 17.2 Å². The van der Waals surface area contributed by atoms with Gasteiger partial charge in [0.1, 0.15) is 5.82 Å². The summed E-state index contributed by atoms with van der Waals surface area (Å²) in [5.74, 6) is -0.441. The SMILES string of the molecule is COc1cc(/C=C2/CCc3c2nc2ccccc2c3C(=O)OCC(=O)N(CCC#N)c2ccccc2F)cc(OC)c1OC. The molecule has 1 amide bonds. The van der Waals surface area contributed by atoms with E-state index in [-0.39, 0.29) is 18.7 Å². The van der Waals surface area contributed by atoms with Crippen molar-refractivity contribution in [2.45, 2.75) is 19.3 Å². The highest BCUT2D eigenvalue weighted by molar-refractivity contribution is 6.08. The molecule has 9 nitrogen and oxygen atoms in total. The van der Waals surface area contributed by atoms with Crippen molar-refractivity contribution in [2.24, 2.45) is 0 Å². The van der Waals surface area contributed by atoms with Crippen LogP contribution in [0.15, 0.2) is 60.7 Å². The number of carbonyl (C=O) groups excluding carboxylic acids is 2. The second-order valence-corrected chi connectivity index (χ2v) is 9.94. The molecule has 0 bridgehead atoms. The smallest absolute Gasteiger partial charge is 0.339 e. The number of halogens is 1. The molecule has 0 unspecified atom stereocenters. The summed E-state index contributed by atoms with van der Waals surface area (Å²) < 4.78 is 36.5. The Morgan fingerprint density at radius 3 is 2.39 bits per heavy atom. The van der Waals surface area contributed by atoms with Gasteiger partial charge in [0.25, 0.3) is 5.91 Å². The van der Waals surface area contributed by atoms with E-state index in [0.717, 1.165) is 21.6 Å². The maximum absolute atomic E-state index is 14.5. The molecule has 1 aromatic heterocycles. The van der Waals surface area contributed by atoms with Gasteiger partial charge < -0.3 is 23.8 Å². The van der Waals surface area contributed by atoms with Crippen LogP contribution >= 0.6 is 0 Å². The summed E-state index contributed by atoms with van der Waals surface area (Å²) in [7, 11) is 4.64. The molecule has 224 valence electrons. The molecule has 1 heterocycles. The van der Waals surface area contributed by atoms with Crippen molar-refractivity contribution in [3.05, 3.63) is 88.9 Å². The molecular formula is C34H30FN3O6. The number of esters is 1. The quantitative estimate of drug-likeness (QED) is 0.206. The van der Waals surface area contributed by atoms with E-state index in [4.69, 9.17) is 29.2 Å². The Labute approximate surface area is 254 Å². The summed E-state index contributed by atoms with van der Waals surface area (Å²) >= 11 is 0. The zero-order chi connectivity index (χ0) is 31.2. The number of pyridine rings is 1. The van der Waals surface area contributed by atoms with Gasteiger partial charge in [0, 0.05) is 11.9 Å². The van der Waals surface area contributed by atoms with Crippen LogP contribution in [-0.4, -0.2) is 51.3 Å². The lowest BCUT2D eigenvalue weighted by Gasteiger charge is -2.22. The number of allylic oxidation sites excluding steroid dienone is 1. The number of methoxy groups -OCH3 is 3. The summed E-state index contributed by atoms with van der Waals surface area (Å²) in [6.07, 6.45) is 3.10. The Morgan fingerprint density at radius 1 is 1.00 bits per heavy atom. The molecule has 0 spiro atoms. The van der Waals surface area contributed by atoms with Gasteiger partial charge in [-0.05, 0) is 65.9 Å². The van der Waals surface area contributed by atoms with Crippen molar-refractivity contribution in [3.8, 4) is 23.3 Å². The Balaban J connectivity index is 1.48. The minimum Gasteiger partial charge on any atom is -0.493 e. The number of benzene rings is 3. The van der Waals surface area contributed by atoms with E-state index in [1.807, 2.05) is 42.5 Å². The van der Waals surface area contributed by atoms with Gasteiger partial charge in [-0.2, -0.15) is 5.26 Å². The molecule has 0 fully saturated rings. The predicted molar refractivity (Wildman–Crippen MR) is 163 cm³/mol. The lowest BCUT2D eigenvalue weighted by atomic mass is 10.0. The van der Waals surface area contributed by atoms with Crippen molar-refractivity contribution in [2.75, 3.05) is 39.4 Å². The number of anilines is 1. The largest absolute Gasteiger partial charge is 0.493 e. The topological polar surface area (TPSA) is 111 Å². The summed E-state index contributed by atoms with van der Waals surface area (Å²) in [6.45, 7) is -0.672. The first-order valence-electron chi connectivity index (χ1n) is 13.9. The van der Waals surface area contributed by atoms with E-state index in [1.54, 1.807) is 33.5 Å². The molecule has 44 heavy (non-hydrogen) atoms. The Bertz CT molecular complexity index is 1790. The molecule has 0 saturated heterocycles. The number of fused-ring (bicyclic) bond motifs is 2. The lowest BCUT2D eigenvalue weighted by molar-refractivity contribution is -0.121. The number of nitriles is 1. The maximum Gasteiger partial charge on any atom is 0.339 e. The fourth-order valence-corrected chi connectivity index (χ4v) is 5.39. The summed E-state index contributed by atoms with van der Waals surface area (Å²) in [6, 6.07) is 18.6. The van der Waals surface area contributed by atoms with E-state index in [1.165, 1.54) is 18.2 Å². The number of para-hydroxylation sites is 2. The van der Waals surface area contributed by atoms with Crippen LogP contribution in [0.25, 0.3) is 22.6 Å². The molecule has 3 aromatic carbocycles. The Morgan fingerprint density at radius 2 is 1.70 bits per heavy atom. The van der Waals surface area contributed by atoms with Gasteiger partial charge in [0.15, 0.2) is 18.1 Å². The van der Waals surface area contributed by atoms with Gasteiger partial charge in [-0.15, -0.1) is 0 Å². The third kappa shape index (κ3) is 5.90. The maximum atomic E-state index is 14.5. The van der Waals surface area contributed by atoms with Crippen molar-refractivity contribution in [1.82, 2.24) is 4.98 Å². The average molecular weight is 596 g/mol. The molecule has 0 radical (unpaired) electrons. The molecular weight excluding hydrogens is 565 g/mol. The van der Waals surface area contributed by atoms with Gasteiger partial charge in [-0.3, -0.25) is 4.79 Å². The zero-order valence-electron chi connectivity index (χ0n) is 24.6. The van der Waals surface area contributed by atoms with Crippen LogP contribution in [-0.2, 0) is 16.0 Å². The molecule has 0 N–H and O–H groups in total. The molecule has 0 atom stereocenters. The third-order valence-electron chi connectivity index (χ3n) is 7.39. The highest BCUT2D eigenvalue weighted by atomic mass is 19.1. The minimum atomic E-state index is -0.684. The number of rotatable bonds is 10. The second-order valence-electron chi connectivity index (χ2n) is 9.94. The molecule has 0 aliphatic heterocycles. The Kier molecular flexibility index (Phi) is 9.05. The first-order chi connectivity index (χ1) is 21.4. The van der Waals surface area contributed by atoms with Crippen LogP contribution in [0.1, 0.15) is 40.0 Å². The number of hydrogen-bond acceptors (Lipinski definition) is 8. The summed E-state index contributed by atoms with van der Waals surface area (Å²) in [5, 5.41) is 9.67. The van der Waals surface area contributed by atoms with E-state index in [9.17, 15) is 14.0 Å². The van der Waals surface area contributed by atoms with Crippen LogP contribution < -0.4 is 19.1 Å². The predicted octanol–water partition coefficient (Wildman–Crippen LogP) is 5.99. The van der Waals surface area contributed by atoms with Gasteiger partial charge in [0.05, 0.1) is 56.3 Å². The number of aromatic nitrogens is 1. The van der Waals surface area contributed by atoms with Crippen molar-refractivity contribution >= 4 is 40.1 Å². The molecule has 1 aliphatic rings. The number of carbonyl (C=O) groups is 2. The van der Waals surface area contributed by atoms with Crippen LogP contribution in [0.2, 0.25) is 0 Å². The zero-order valence-corrected chi connectivity index (χ0v) is 24.6. The number of ether oxygens (including phenoxy) is 4. The fourth-order valence-electron chi connectivity index (χ4n) is 5.39. The van der Waals surface area contributed by atoms with Gasteiger partial charge in [-0.25, -0.2) is 14.2 Å². The number of nitrogens with zero attached hydrogens (tertiary/aromatic N) is 3. The van der Waals surface area contributed by atoms with Gasteiger partial charge >= 0.3 is 5.97 Å². The average Bonchev–Trinajstić information content (AvgIpc) is 3.44.